The highest BCUT2D eigenvalue weighted by Gasteiger charge is 2.28. The molecule has 4 nitrogen and oxygen atoms in total. The van der Waals surface area contributed by atoms with Crippen LogP contribution >= 0.6 is 0 Å². The van der Waals surface area contributed by atoms with Crippen LogP contribution < -0.4 is 0 Å². The maximum atomic E-state index is 12.1. The zero-order valence-corrected chi connectivity index (χ0v) is 14.6. The second-order valence-corrected chi connectivity index (χ2v) is 7.11. The molecule has 0 bridgehead atoms. The van der Waals surface area contributed by atoms with Gasteiger partial charge >= 0.3 is 6.09 Å². The number of hydrogen-bond acceptors (Lipinski definition) is 3. The minimum absolute atomic E-state index is 0.190. The van der Waals surface area contributed by atoms with E-state index in [1.165, 1.54) is 0 Å². The summed E-state index contributed by atoms with van der Waals surface area (Å²) < 4.78 is 5.43. The van der Waals surface area contributed by atoms with E-state index in [1.807, 2.05) is 45.9 Å². The Balaban J connectivity index is 2.03. The second-order valence-electron chi connectivity index (χ2n) is 7.11. The molecule has 1 amide bonds. The van der Waals surface area contributed by atoms with Crippen molar-refractivity contribution in [1.29, 1.82) is 0 Å². The first-order chi connectivity index (χ1) is 10.8. The van der Waals surface area contributed by atoms with Crippen molar-refractivity contribution < 1.29 is 14.3 Å². The molecule has 1 aliphatic rings. The van der Waals surface area contributed by atoms with Crippen molar-refractivity contribution >= 4 is 11.9 Å². The van der Waals surface area contributed by atoms with Gasteiger partial charge < -0.3 is 9.64 Å². The van der Waals surface area contributed by atoms with Gasteiger partial charge in [-0.15, -0.1) is 0 Å². The fourth-order valence-electron chi connectivity index (χ4n) is 3.00. The molecule has 1 saturated heterocycles. The van der Waals surface area contributed by atoms with Crippen molar-refractivity contribution in [2.75, 3.05) is 13.1 Å². The molecule has 1 fully saturated rings. The van der Waals surface area contributed by atoms with Gasteiger partial charge in [0.15, 0.2) is 5.78 Å². The molecule has 0 aromatic heterocycles. The third kappa shape index (κ3) is 4.57. The predicted molar refractivity (Wildman–Crippen MR) is 90.8 cm³/mol. The molecule has 0 spiro atoms. The number of Topliss-reactive ketones (excluding diaryl/α,β-unsaturated/α-hetero) is 1. The van der Waals surface area contributed by atoms with Crippen LogP contribution in [0.25, 0.3) is 0 Å². The van der Waals surface area contributed by atoms with Gasteiger partial charge in [0, 0.05) is 25.1 Å². The SMILES string of the molecule is CCC(=O)c1ccccc1C1CCN(C(=O)OC(C)(C)C)CC1. The van der Waals surface area contributed by atoms with Crippen LogP contribution in [0, 0.1) is 0 Å². The topological polar surface area (TPSA) is 46.6 Å². The Hall–Kier alpha value is -1.84. The van der Waals surface area contributed by atoms with Crippen LogP contribution in [0.1, 0.15) is 68.8 Å². The van der Waals surface area contributed by atoms with Gasteiger partial charge in [0.05, 0.1) is 0 Å². The van der Waals surface area contributed by atoms with E-state index in [-0.39, 0.29) is 11.9 Å². The van der Waals surface area contributed by atoms with Crippen molar-refractivity contribution in [2.24, 2.45) is 0 Å². The maximum Gasteiger partial charge on any atom is 0.410 e. The van der Waals surface area contributed by atoms with Gasteiger partial charge in [0.25, 0.3) is 0 Å². The zero-order valence-electron chi connectivity index (χ0n) is 14.6. The van der Waals surface area contributed by atoms with E-state index in [4.69, 9.17) is 4.74 Å². The normalized spacial score (nSPS) is 16.3. The summed E-state index contributed by atoms with van der Waals surface area (Å²) >= 11 is 0. The Morgan fingerprint density at radius 1 is 1.17 bits per heavy atom. The monoisotopic (exact) mass is 317 g/mol. The number of benzene rings is 1. The number of piperidine rings is 1. The van der Waals surface area contributed by atoms with E-state index in [0.29, 0.717) is 25.4 Å². The van der Waals surface area contributed by atoms with Crippen LogP contribution in [0.5, 0.6) is 0 Å². The van der Waals surface area contributed by atoms with Gasteiger partial charge in [-0.25, -0.2) is 4.79 Å². The van der Waals surface area contributed by atoms with Gasteiger partial charge in [-0.3, -0.25) is 4.79 Å². The molecule has 1 aromatic carbocycles. The van der Waals surface area contributed by atoms with Crippen molar-refractivity contribution in [3.05, 3.63) is 35.4 Å². The summed E-state index contributed by atoms with van der Waals surface area (Å²) in [5.74, 6) is 0.524. The van der Waals surface area contributed by atoms with E-state index in [1.54, 1.807) is 4.90 Å². The molecule has 1 aromatic rings. The lowest BCUT2D eigenvalue weighted by Crippen LogP contribution is -2.41. The lowest BCUT2D eigenvalue weighted by atomic mass is 9.85. The number of likely N-dealkylation sites (tertiary alicyclic amines) is 1. The van der Waals surface area contributed by atoms with Gasteiger partial charge in [-0.2, -0.15) is 0 Å². The molecule has 0 N–H and O–H groups in total. The van der Waals surface area contributed by atoms with Crippen molar-refractivity contribution in [2.45, 2.75) is 58.5 Å². The summed E-state index contributed by atoms with van der Waals surface area (Å²) in [6, 6.07) is 7.88. The standard InChI is InChI=1S/C19H27NO3/c1-5-17(21)16-9-7-6-8-15(16)14-10-12-20(13-11-14)18(22)23-19(2,3)4/h6-9,14H,5,10-13H2,1-4H3. The molecule has 0 saturated carbocycles. The Bertz CT molecular complexity index is 566. The molecular weight excluding hydrogens is 290 g/mol. The number of carbonyl (C=O) groups is 2. The first kappa shape index (κ1) is 17.5. The third-order valence-corrected chi connectivity index (χ3v) is 4.17. The number of nitrogens with zero attached hydrogens (tertiary/aromatic N) is 1. The molecule has 1 heterocycles. The average molecular weight is 317 g/mol. The van der Waals surface area contributed by atoms with Gasteiger partial charge in [0.2, 0.25) is 0 Å². The number of hydrogen-bond donors (Lipinski definition) is 0. The second kappa shape index (κ2) is 7.16. The number of ether oxygens (including phenoxy) is 1. The van der Waals surface area contributed by atoms with E-state index in [0.717, 1.165) is 24.0 Å². The molecule has 4 heteroatoms. The number of carbonyl (C=O) groups excluding carboxylic acids is 2. The fourth-order valence-corrected chi connectivity index (χ4v) is 3.00. The predicted octanol–water partition coefficient (Wildman–Crippen LogP) is 4.39. The first-order valence-electron chi connectivity index (χ1n) is 8.42. The van der Waals surface area contributed by atoms with Crippen LogP contribution in [0.3, 0.4) is 0 Å². The minimum Gasteiger partial charge on any atom is -0.444 e. The minimum atomic E-state index is -0.464. The molecule has 2 rings (SSSR count). The molecule has 1 aliphatic heterocycles. The van der Waals surface area contributed by atoms with Crippen molar-refractivity contribution in [3.63, 3.8) is 0 Å². The van der Waals surface area contributed by atoms with Gasteiger partial charge in [-0.05, 0) is 45.1 Å². The molecule has 23 heavy (non-hydrogen) atoms. The molecule has 0 unspecified atom stereocenters. The summed E-state index contributed by atoms with van der Waals surface area (Å²) in [5, 5.41) is 0. The number of amides is 1. The molecule has 0 aliphatic carbocycles. The summed E-state index contributed by atoms with van der Waals surface area (Å²) in [7, 11) is 0. The molecule has 126 valence electrons. The quantitative estimate of drug-likeness (QED) is 0.777. The Morgan fingerprint density at radius 3 is 2.35 bits per heavy atom. The Labute approximate surface area is 138 Å². The van der Waals surface area contributed by atoms with Crippen LogP contribution in [-0.2, 0) is 4.74 Å². The summed E-state index contributed by atoms with van der Waals surface area (Å²) in [6.45, 7) is 8.88. The largest absolute Gasteiger partial charge is 0.444 e. The third-order valence-electron chi connectivity index (χ3n) is 4.17. The number of rotatable bonds is 3. The smallest absolute Gasteiger partial charge is 0.410 e. The summed E-state index contributed by atoms with van der Waals surface area (Å²) in [6.07, 6.45) is 2.02. The van der Waals surface area contributed by atoms with Crippen molar-refractivity contribution in [1.82, 2.24) is 4.90 Å². The van der Waals surface area contributed by atoms with Crippen LogP contribution in [0.15, 0.2) is 24.3 Å². The highest BCUT2D eigenvalue weighted by molar-refractivity contribution is 5.97. The van der Waals surface area contributed by atoms with E-state index < -0.39 is 5.60 Å². The van der Waals surface area contributed by atoms with Crippen LogP contribution in [-0.4, -0.2) is 35.5 Å². The maximum absolute atomic E-state index is 12.1. The van der Waals surface area contributed by atoms with Gasteiger partial charge in [0.1, 0.15) is 5.60 Å². The molecule has 0 radical (unpaired) electrons. The van der Waals surface area contributed by atoms with Crippen LogP contribution in [0.4, 0.5) is 4.79 Å². The van der Waals surface area contributed by atoms with Crippen molar-refractivity contribution in [3.8, 4) is 0 Å². The highest BCUT2D eigenvalue weighted by atomic mass is 16.6. The van der Waals surface area contributed by atoms with E-state index in [9.17, 15) is 9.59 Å². The van der Waals surface area contributed by atoms with E-state index in [2.05, 4.69) is 6.07 Å². The van der Waals surface area contributed by atoms with E-state index >= 15 is 0 Å². The van der Waals surface area contributed by atoms with Crippen LogP contribution in [0.2, 0.25) is 0 Å². The summed E-state index contributed by atoms with van der Waals surface area (Å²) in [5.41, 5.74) is 1.50. The Kier molecular flexibility index (Phi) is 5.45. The fraction of sp³-hybridized carbons (Fsp3) is 0.579. The summed E-state index contributed by atoms with van der Waals surface area (Å²) in [4.78, 5) is 26.0. The lowest BCUT2D eigenvalue weighted by Gasteiger charge is -2.34. The number of ketones is 1. The van der Waals surface area contributed by atoms with Gasteiger partial charge in [-0.1, -0.05) is 31.2 Å². The molecular formula is C19H27NO3. The molecule has 0 atom stereocenters. The lowest BCUT2D eigenvalue weighted by molar-refractivity contribution is 0.0204. The highest BCUT2D eigenvalue weighted by Crippen LogP contribution is 2.31. The zero-order chi connectivity index (χ0) is 17.0. The average Bonchev–Trinajstić information content (AvgIpc) is 2.52. The first-order valence-corrected chi connectivity index (χ1v) is 8.42. The Morgan fingerprint density at radius 2 is 1.78 bits per heavy atom.